The van der Waals surface area contributed by atoms with E-state index in [9.17, 15) is 9.59 Å². The van der Waals surface area contributed by atoms with Gasteiger partial charge in [0.05, 0.1) is 5.56 Å². The molecule has 0 saturated carbocycles. The van der Waals surface area contributed by atoms with Crippen molar-refractivity contribution in [1.29, 1.82) is 0 Å². The van der Waals surface area contributed by atoms with E-state index in [0.717, 1.165) is 5.56 Å². The number of aromatic carboxylic acids is 1. The second kappa shape index (κ2) is 4.71. The molecule has 0 aliphatic rings. The van der Waals surface area contributed by atoms with Crippen LogP contribution in [0.1, 0.15) is 20.7 Å². The van der Waals surface area contributed by atoms with Gasteiger partial charge in [0.1, 0.15) is 0 Å². The Bertz CT molecular complexity index is 606. The number of primary amides is 1. The Kier molecular flexibility index (Phi) is 3.10. The average Bonchev–Trinajstić information content (AvgIpc) is 2.39. The first-order chi connectivity index (χ1) is 8.59. The molecular formula is C14H11NO3. The summed E-state index contributed by atoms with van der Waals surface area (Å²) in [7, 11) is 0. The van der Waals surface area contributed by atoms with Crippen molar-refractivity contribution in [1.82, 2.24) is 0 Å². The van der Waals surface area contributed by atoms with Gasteiger partial charge in [-0.15, -0.1) is 0 Å². The van der Waals surface area contributed by atoms with E-state index in [-0.39, 0.29) is 11.1 Å². The highest BCUT2D eigenvalue weighted by atomic mass is 16.4. The van der Waals surface area contributed by atoms with E-state index >= 15 is 0 Å². The van der Waals surface area contributed by atoms with Gasteiger partial charge in [0.25, 0.3) is 0 Å². The number of rotatable bonds is 3. The van der Waals surface area contributed by atoms with E-state index in [2.05, 4.69) is 0 Å². The molecule has 90 valence electrons. The SMILES string of the molecule is NC(=O)c1cc(C(=O)O)ccc1-c1ccccc1. The molecule has 0 spiro atoms. The first kappa shape index (κ1) is 11.9. The number of hydrogen-bond donors (Lipinski definition) is 2. The minimum absolute atomic E-state index is 0.0449. The topological polar surface area (TPSA) is 80.4 Å². The van der Waals surface area contributed by atoms with Gasteiger partial charge in [0.2, 0.25) is 5.91 Å². The fourth-order valence-corrected chi connectivity index (χ4v) is 1.75. The first-order valence-corrected chi connectivity index (χ1v) is 5.32. The zero-order valence-electron chi connectivity index (χ0n) is 9.46. The molecule has 2 rings (SSSR count). The van der Waals surface area contributed by atoms with Gasteiger partial charge >= 0.3 is 5.97 Å². The van der Waals surface area contributed by atoms with Crippen molar-refractivity contribution in [2.75, 3.05) is 0 Å². The number of nitrogens with two attached hydrogens (primary N) is 1. The maximum Gasteiger partial charge on any atom is 0.335 e. The lowest BCUT2D eigenvalue weighted by Crippen LogP contribution is -2.13. The molecule has 0 bridgehead atoms. The van der Waals surface area contributed by atoms with Crippen molar-refractivity contribution >= 4 is 11.9 Å². The van der Waals surface area contributed by atoms with Crippen LogP contribution in [-0.2, 0) is 0 Å². The normalized spacial score (nSPS) is 10.0. The maximum atomic E-state index is 11.4. The summed E-state index contributed by atoms with van der Waals surface area (Å²) in [5.41, 5.74) is 7.00. The van der Waals surface area contributed by atoms with Gasteiger partial charge in [-0.1, -0.05) is 36.4 Å². The molecule has 0 radical (unpaired) electrons. The third-order valence-electron chi connectivity index (χ3n) is 2.62. The summed E-state index contributed by atoms with van der Waals surface area (Å²) < 4.78 is 0. The smallest absolute Gasteiger partial charge is 0.335 e. The van der Waals surface area contributed by atoms with Crippen molar-refractivity contribution in [3.05, 3.63) is 59.7 Å². The Hall–Kier alpha value is -2.62. The summed E-state index contributed by atoms with van der Waals surface area (Å²) in [4.78, 5) is 22.3. The molecular weight excluding hydrogens is 230 g/mol. The molecule has 0 aliphatic heterocycles. The molecule has 0 aromatic heterocycles. The number of carbonyl (C=O) groups is 2. The molecule has 4 nitrogen and oxygen atoms in total. The van der Waals surface area contributed by atoms with Crippen molar-refractivity contribution in [3.8, 4) is 11.1 Å². The highest BCUT2D eigenvalue weighted by molar-refractivity contribution is 6.02. The highest BCUT2D eigenvalue weighted by Crippen LogP contribution is 2.24. The van der Waals surface area contributed by atoms with Gasteiger partial charge in [-0.2, -0.15) is 0 Å². The minimum Gasteiger partial charge on any atom is -0.478 e. The van der Waals surface area contributed by atoms with Gasteiger partial charge < -0.3 is 10.8 Å². The summed E-state index contributed by atoms with van der Waals surface area (Å²) in [6, 6.07) is 13.6. The Morgan fingerprint density at radius 1 is 1.00 bits per heavy atom. The highest BCUT2D eigenvalue weighted by Gasteiger charge is 2.13. The van der Waals surface area contributed by atoms with Crippen LogP contribution in [0.15, 0.2) is 48.5 Å². The van der Waals surface area contributed by atoms with Crippen LogP contribution in [0.3, 0.4) is 0 Å². The van der Waals surface area contributed by atoms with E-state index < -0.39 is 11.9 Å². The Morgan fingerprint density at radius 3 is 2.22 bits per heavy atom. The van der Waals surface area contributed by atoms with Crippen LogP contribution in [0.4, 0.5) is 0 Å². The Balaban J connectivity index is 2.61. The predicted octanol–water partition coefficient (Wildman–Crippen LogP) is 2.15. The van der Waals surface area contributed by atoms with E-state index in [1.807, 2.05) is 30.3 Å². The molecule has 0 aliphatic carbocycles. The summed E-state index contributed by atoms with van der Waals surface area (Å²) >= 11 is 0. The molecule has 2 aromatic carbocycles. The third-order valence-corrected chi connectivity index (χ3v) is 2.62. The number of benzene rings is 2. The number of hydrogen-bond acceptors (Lipinski definition) is 2. The van der Waals surface area contributed by atoms with Gasteiger partial charge in [0, 0.05) is 5.56 Å². The summed E-state index contributed by atoms with van der Waals surface area (Å²) in [6.45, 7) is 0. The summed E-state index contributed by atoms with van der Waals surface area (Å²) in [5.74, 6) is -1.73. The lowest BCUT2D eigenvalue weighted by molar-refractivity contribution is 0.0697. The van der Waals surface area contributed by atoms with Crippen LogP contribution in [0.25, 0.3) is 11.1 Å². The molecule has 0 atom stereocenters. The Morgan fingerprint density at radius 2 is 1.67 bits per heavy atom. The quantitative estimate of drug-likeness (QED) is 0.863. The molecule has 0 fully saturated rings. The van der Waals surface area contributed by atoms with Gasteiger partial charge in [-0.25, -0.2) is 4.79 Å². The summed E-state index contributed by atoms with van der Waals surface area (Å²) in [5, 5.41) is 8.90. The van der Waals surface area contributed by atoms with Crippen molar-refractivity contribution in [2.24, 2.45) is 5.73 Å². The van der Waals surface area contributed by atoms with Crippen molar-refractivity contribution < 1.29 is 14.7 Å². The lowest BCUT2D eigenvalue weighted by atomic mass is 9.97. The molecule has 18 heavy (non-hydrogen) atoms. The molecule has 1 amide bonds. The third kappa shape index (κ3) is 2.22. The second-order valence-corrected chi connectivity index (χ2v) is 3.80. The average molecular weight is 241 g/mol. The number of carbonyl (C=O) groups excluding carboxylic acids is 1. The van der Waals surface area contributed by atoms with E-state index in [1.54, 1.807) is 6.07 Å². The fraction of sp³-hybridized carbons (Fsp3) is 0. The zero-order chi connectivity index (χ0) is 13.1. The maximum absolute atomic E-state index is 11.4. The minimum atomic E-state index is -1.09. The van der Waals surface area contributed by atoms with E-state index in [0.29, 0.717) is 5.56 Å². The van der Waals surface area contributed by atoms with Crippen LogP contribution >= 0.6 is 0 Å². The van der Waals surface area contributed by atoms with Gasteiger partial charge in [-0.3, -0.25) is 4.79 Å². The van der Waals surface area contributed by atoms with Crippen LogP contribution in [0.2, 0.25) is 0 Å². The number of carboxylic acids is 1. The predicted molar refractivity (Wildman–Crippen MR) is 67.4 cm³/mol. The molecule has 3 N–H and O–H groups in total. The summed E-state index contributed by atoms with van der Waals surface area (Å²) in [6.07, 6.45) is 0. The zero-order valence-corrected chi connectivity index (χ0v) is 9.46. The first-order valence-electron chi connectivity index (χ1n) is 5.32. The molecule has 0 saturated heterocycles. The van der Waals surface area contributed by atoms with Crippen LogP contribution in [0, 0.1) is 0 Å². The van der Waals surface area contributed by atoms with Crippen LogP contribution in [-0.4, -0.2) is 17.0 Å². The van der Waals surface area contributed by atoms with E-state index in [1.165, 1.54) is 12.1 Å². The van der Waals surface area contributed by atoms with Crippen LogP contribution < -0.4 is 5.73 Å². The molecule has 4 heteroatoms. The lowest BCUT2D eigenvalue weighted by Gasteiger charge is -2.08. The van der Waals surface area contributed by atoms with Gasteiger partial charge in [-0.05, 0) is 23.3 Å². The number of carboxylic acid groups (broad SMARTS) is 1. The van der Waals surface area contributed by atoms with Crippen LogP contribution in [0.5, 0.6) is 0 Å². The fourth-order valence-electron chi connectivity index (χ4n) is 1.75. The van der Waals surface area contributed by atoms with E-state index in [4.69, 9.17) is 10.8 Å². The Labute approximate surface area is 104 Å². The second-order valence-electron chi connectivity index (χ2n) is 3.80. The molecule has 2 aromatic rings. The van der Waals surface area contributed by atoms with Crippen molar-refractivity contribution in [3.63, 3.8) is 0 Å². The standard InChI is InChI=1S/C14H11NO3/c15-13(16)12-8-10(14(17)18)6-7-11(12)9-4-2-1-3-5-9/h1-8H,(H2,15,16)(H,17,18). The van der Waals surface area contributed by atoms with Crippen molar-refractivity contribution in [2.45, 2.75) is 0 Å². The van der Waals surface area contributed by atoms with Gasteiger partial charge in [0.15, 0.2) is 0 Å². The molecule has 0 heterocycles. The number of amides is 1. The molecule has 0 unspecified atom stereocenters. The largest absolute Gasteiger partial charge is 0.478 e. The monoisotopic (exact) mass is 241 g/mol.